The predicted octanol–water partition coefficient (Wildman–Crippen LogP) is 4.38. The number of amides is 1. The fourth-order valence-electron chi connectivity index (χ4n) is 2.83. The van der Waals surface area contributed by atoms with Crippen LogP contribution in [-0.4, -0.2) is 23.8 Å². The molecule has 1 aliphatic carbocycles. The zero-order valence-corrected chi connectivity index (χ0v) is 14.4. The van der Waals surface area contributed by atoms with Crippen molar-refractivity contribution in [3.05, 3.63) is 29.6 Å². The van der Waals surface area contributed by atoms with Gasteiger partial charge >= 0.3 is 6.09 Å². The Kier molecular flexibility index (Phi) is 5.50. The molecule has 1 aromatic rings. The van der Waals surface area contributed by atoms with Crippen molar-refractivity contribution in [1.82, 2.24) is 5.32 Å². The van der Waals surface area contributed by atoms with E-state index in [2.05, 4.69) is 10.6 Å². The Balaban J connectivity index is 1.77. The molecule has 0 unspecified atom stereocenters. The SMILES string of the molecule is Cc1cc(NC2CCC(NC(=O)OC(C)(C)C)CC2)ccc1F. The maximum Gasteiger partial charge on any atom is 0.407 e. The average Bonchev–Trinajstić information content (AvgIpc) is 2.43. The fourth-order valence-corrected chi connectivity index (χ4v) is 2.83. The second-order valence-electron chi connectivity index (χ2n) is 7.30. The summed E-state index contributed by atoms with van der Waals surface area (Å²) < 4.78 is 18.6. The lowest BCUT2D eigenvalue weighted by atomic mass is 9.91. The number of hydrogen-bond donors (Lipinski definition) is 2. The van der Waals surface area contributed by atoms with E-state index in [9.17, 15) is 9.18 Å². The molecule has 128 valence electrons. The highest BCUT2D eigenvalue weighted by atomic mass is 19.1. The Labute approximate surface area is 137 Å². The van der Waals surface area contributed by atoms with Crippen molar-refractivity contribution in [2.75, 3.05) is 5.32 Å². The van der Waals surface area contributed by atoms with Crippen LogP contribution in [0.25, 0.3) is 0 Å². The van der Waals surface area contributed by atoms with Gasteiger partial charge in [-0.1, -0.05) is 0 Å². The van der Waals surface area contributed by atoms with Crippen molar-refractivity contribution in [3.8, 4) is 0 Å². The molecule has 1 aromatic carbocycles. The molecule has 5 heteroatoms. The Morgan fingerprint density at radius 3 is 2.35 bits per heavy atom. The highest BCUT2D eigenvalue weighted by molar-refractivity contribution is 5.68. The van der Waals surface area contributed by atoms with E-state index in [-0.39, 0.29) is 18.0 Å². The van der Waals surface area contributed by atoms with Gasteiger partial charge < -0.3 is 15.4 Å². The molecule has 1 aliphatic rings. The van der Waals surface area contributed by atoms with Crippen LogP contribution < -0.4 is 10.6 Å². The molecule has 0 atom stereocenters. The summed E-state index contributed by atoms with van der Waals surface area (Å²) in [6, 6.07) is 5.62. The molecule has 1 fully saturated rings. The first kappa shape index (κ1) is 17.6. The van der Waals surface area contributed by atoms with Crippen LogP contribution in [0.2, 0.25) is 0 Å². The number of alkyl carbamates (subject to hydrolysis) is 1. The molecule has 0 bridgehead atoms. The van der Waals surface area contributed by atoms with E-state index in [0.717, 1.165) is 31.4 Å². The first-order valence-corrected chi connectivity index (χ1v) is 8.25. The summed E-state index contributed by atoms with van der Waals surface area (Å²) in [5, 5.41) is 6.39. The lowest BCUT2D eigenvalue weighted by Crippen LogP contribution is -2.42. The lowest BCUT2D eigenvalue weighted by molar-refractivity contribution is 0.0492. The number of rotatable bonds is 3. The van der Waals surface area contributed by atoms with E-state index in [0.29, 0.717) is 11.6 Å². The molecule has 2 rings (SSSR count). The minimum absolute atomic E-state index is 0.165. The lowest BCUT2D eigenvalue weighted by Gasteiger charge is -2.31. The zero-order valence-electron chi connectivity index (χ0n) is 14.4. The van der Waals surface area contributed by atoms with Gasteiger partial charge in [0.1, 0.15) is 11.4 Å². The normalized spacial score (nSPS) is 21.6. The first-order valence-electron chi connectivity index (χ1n) is 8.25. The molecule has 0 heterocycles. The van der Waals surface area contributed by atoms with Crippen LogP contribution in [0, 0.1) is 12.7 Å². The van der Waals surface area contributed by atoms with Gasteiger partial charge in [0.05, 0.1) is 0 Å². The summed E-state index contributed by atoms with van der Waals surface area (Å²) in [6.45, 7) is 7.34. The third-order valence-corrected chi connectivity index (χ3v) is 3.98. The molecule has 23 heavy (non-hydrogen) atoms. The predicted molar refractivity (Wildman–Crippen MR) is 90.2 cm³/mol. The van der Waals surface area contributed by atoms with Gasteiger partial charge in [-0.15, -0.1) is 0 Å². The minimum atomic E-state index is -0.469. The van der Waals surface area contributed by atoms with Gasteiger partial charge in [0.2, 0.25) is 0 Å². The maximum absolute atomic E-state index is 13.3. The van der Waals surface area contributed by atoms with Crippen LogP contribution >= 0.6 is 0 Å². The number of ether oxygens (including phenoxy) is 1. The van der Waals surface area contributed by atoms with Crippen molar-refractivity contribution in [3.63, 3.8) is 0 Å². The molecule has 0 aliphatic heterocycles. The summed E-state index contributed by atoms with van der Waals surface area (Å²) in [7, 11) is 0. The number of anilines is 1. The van der Waals surface area contributed by atoms with Crippen molar-refractivity contribution in [2.24, 2.45) is 0 Å². The van der Waals surface area contributed by atoms with E-state index < -0.39 is 5.60 Å². The number of carbonyl (C=O) groups excluding carboxylic acids is 1. The van der Waals surface area contributed by atoms with Crippen LogP contribution in [0.1, 0.15) is 52.0 Å². The van der Waals surface area contributed by atoms with Crippen molar-refractivity contribution >= 4 is 11.8 Å². The summed E-state index contributed by atoms with van der Waals surface area (Å²) in [4.78, 5) is 11.8. The number of aryl methyl sites for hydroxylation is 1. The van der Waals surface area contributed by atoms with E-state index in [1.807, 2.05) is 26.8 Å². The molecule has 0 radical (unpaired) electrons. The Morgan fingerprint density at radius 1 is 1.17 bits per heavy atom. The summed E-state index contributed by atoms with van der Waals surface area (Å²) >= 11 is 0. The maximum atomic E-state index is 13.3. The van der Waals surface area contributed by atoms with Gasteiger partial charge in [0.25, 0.3) is 0 Å². The number of nitrogens with one attached hydrogen (secondary N) is 2. The molecule has 4 nitrogen and oxygen atoms in total. The molecular weight excluding hydrogens is 295 g/mol. The second kappa shape index (κ2) is 7.20. The van der Waals surface area contributed by atoms with Crippen LogP contribution in [0.15, 0.2) is 18.2 Å². The quantitative estimate of drug-likeness (QED) is 0.868. The van der Waals surface area contributed by atoms with E-state index in [1.165, 1.54) is 6.07 Å². The first-order chi connectivity index (χ1) is 10.7. The van der Waals surface area contributed by atoms with Gasteiger partial charge in [-0.25, -0.2) is 9.18 Å². The zero-order chi connectivity index (χ0) is 17.0. The Morgan fingerprint density at radius 2 is 1.78 bits per heavy atom. The molecule has 0 saturated heterocycles. The Bertz CT molecular complexity index is 546. The van der Waals surface area contributed by atoms with Crippen molar-refractivity contribution in [1.29, 1.82) is 0 Å². The fraction of sp³-hybridized carbons (Fsp3) is 0.611. The number of benzene rings is 1. The third kappa shape index (κ3) is 5.73. The van der Waals surface area contributed by atoms with Crippen molar-refractivity contribution < 1.29 is 13.9 Å². The average molecular weight is 322 g/mol. The highest BCUT2D eigenvalue weighted by Crippen LogP contribution is 2.23. The highest BCUT2D eigenvalue weighted by Gasteiger charge is 2.24. The number of halogens is 1. The van der Waals surface area contributed by atoms with Gasteiger partial charge in [0.15, 0.2) is 0 Å². The van der Waals surface area contributed by atoms with E-state index >= 15 is 0 Å². The largest absolute Gasteiger partial charge is 0.444 e. The monoisotopic (exact) mass is 322 g/mol. The van der Waals surface area contributed by atoms with Gasteiger partial charge in [-0.3, -0.25) is 0 Å². The molecule has 0 spiro atoms. The minimum Gasteiger partial charge on any atom is -0.444 e. The Hall–Kier alpha value is -1.78. The summed E-state index contributed by atoms with van der Waals surface area (Å²) in [5.41, 5.74) is 1.13. The summed E-state index contributed by atoms with van der Waals surface area (Å²) in [5.74, 6) is -0.180. The van der Waals surface area contributed by atoms with Crippen LogP contribution in [-0.2, 0) is 4.74 Å². The molecular formula is C18H27FN2O2. The van der Waals surface area contributed by atoms with Crippen molar-refractivity contribution in [2.45, 2.75) is 71.1 Å². The molecule has 1 amide bonds. The third-order valence-electron chi connectivity index (χ3n) is 3.98. The smallest absolute Gasteiger partial charge is 0.407 e. The number of carbonyl (C=O) groups is 1. The van der Waals surface area contributed by atoms with Gasteiger partial charge in [0, 0.05) is 17.8 Å². The van der Waals surface area contributed by atoms with Gasteiger partial charge in [-0.05, 0) is 77.1 Å². The molecule has 1 saturated carbocycles. The van der Waals surface area contributed by atoms with Crippen LogP contribution in [0.5, 0.6) is 0 Å². The molecule has 2 N–H and O–H groups in total. The van der Waals surface area contributed by atoms with E-state index in [1.54, 1.807) is 13.0 Å². The molecule has 0 aromatic heterocycles. The van der Waals surface area contributed by atoms with Crippen LogP contribution in [0.3, 0.4) is 0 Å². The van der Waals surface area contributed by atoms with Crippen LogP contribution in [0.4, 0.5) is 14.9 Å². The van der Waals surface area contributed by atoms with Gasteiger partial charge in [-0.2, -0.15) is 0 Å². The second-order valence-corrected chi connectivity index (χ2v) is 7.30. The number of hydrogen-bond acceptors (Lipinski definition) is 3. The summed E-state index contributed by atoms with van der Waals surface area (Å²) in [6.07, 6.45) is 3.42. The van der Waals surface area contributed by atoms with E-state index in [4.69, 9.17) is 4.74 Å². The topological polar surface area (TPSA) is 50.4 Å². The standard InChI is InChI=1S/C18H27FN2O2/c1-12-11-15(9-10-16(12)19)20-13-5-7-14(8-6-13)21-17(22)23-18(2,3)4/h9-11,13-14,20H,5-8H2,1-4H3,(H,21,22).